The number of hydrogen-bond donors (Lipinski definition) is 2. The Morgan fingerprint density at radius 1 is 1.38 bits per heavy atom. The first-order valence-corrected chi connectivity index (χ1v) is 7.69. The molecule has 0 bridgehead atoms. The normalized spacial score (nSPS) is 16.0. The van der Waals surface area contributed by atoms with E-state index in [0.717, 1.165) is 29.6 Å². The zero-order valence-corrected chi connectivity index (χ0v) is 12.8. The van der Waals surface area contributed by atoms with Crippen molar-refractivity contribution in [1.82, 2.24) is 14.9 Å². The molecule has 2 N–H and O–H groups in total. The number of aromatic nitrogens is 2. The van der Waals surface area contributed by atoms with Crippen molar-refractivity contribution >= 4 is 29.3 Å². The summed E-state index contributed by atoms with van der Waals surface area (Å²) in [5, 5.41) is 3.09. The van der Waals surface area contributed by atoms with Gasteiger partial charge in [-0.25, -0.2) is 9.36 Å². The Balaban J connectivity index is 1.90. The van der Waals surface area contributed by atoms with Crippen LogP contribution >= 0.6 is 12.2 Å². The average Bonchev–Trinajstić information content (AvgIpc) is 2.83. The molecule has 1 amide bonds. The molecule has 2 aromatic rings. The maximum atomic E-state index is 12.5. The fourth-order valence-electron chi connectivity index (χ4n) is 2.91. The number of ether oxygens (including phenoxy) is 1. The number of H-pyrrole nitrogens is 1. The van der Waals surface area contributed by atoms with Gasteiger partial charge in [-0.15, -0.1) is 0 Å². The molecule has 1 aliphatic rings. The number of fused-ring (bicyclic) bond motifs is 1. The second-order valence-corrected chi connectivity index (χ2v) is 5.82. The van der Waals surface area contributed by atoms with Gasteiger partial charge in [-0.1, -0.05) is 19.3 Å². The van der Waals surface area contributed by atoms with Crippen LogP contribution in [0.15, 0.2) is 18.2 Å². The monoisotopic (exact) mass is 305 g/mol. The van der Waals surface area contributed by atoms with E-state index in [2.05, 4.69) is 10.3 Å². The Bertz CT molecular complexity index is 713. The van der Waals surface area contributed by atoms with E-state index in [1.807, 2.05) is 18.2 Å². The standard InChI is InChI=1S/C15H19N3O2S/c1-20-11-7-8-13-12(9-11)17-15(21)18(13)14(19)16-10-5-3-2-4-6-10/h7-10H,2-6H2,1H3,(H,16,19)(H,17,21). The molecule has 6 heteroatoms. The van der Waals surface area contributed by atoms with Crippen LogP contribution in [0.1, 0.15) is 32.1 Å². The lowest BCUT2D eigenvalue weighted by molar-refractivity contribution is 0.234. The van der Waals surface area contributed by atoms with Crippen molar-refractivity contribution in [2.75, 3.05) is 7.11 Å². The second kappa shape index (κ2) is 5.89. The van der Waals surface area contributed by atoms with Gasteiger partial charge in [0.1, 0.15) is 5.75 Å². The molecule has 0 aliphatic heterocycles. The van der Waals surface area contributed by atoms with Gasteiger partial charge in [0.25, 0.3) is 0 Å². The number of aromatic amines is 1. The van der Waals surface area contributed by atoms with Crippen molar-refractivity contribution in [3.05, 3.63) is 23.0 Å². The van der Waals surface area contributed by atoms with E-state index in [0.29, 0.717) is 4.77 Å². The van der Waals surface area contributed by atoms with E-state index in [-0.39, 0.29) is 12.1 Å². The minimum Gasteiger partial charge on any atom is -0.497 e. The van der Waals surface area contributed by atoms with Crippen molar-refractivity contribution in [2.45, 2.75) is 38.1 Å². The fraction of sp³-hybridized carbons (Fsp3) is 0.467. The zero-order valence-electron chi connectivity index (χ0n) is 12.0. The lowest BCUT2D eigenvalue weighted by Crippen LogP contribution is -2.38. The molecule has 0 saturated heterocycles. The van der Waals surface area contributed by atoms with Gasteiger partial charge in [0, 0.05) is 12.1 Å². The van der Waals surface area contributed by atoms with Crippen LogP contribution in [0.4, 0.5) is 4.79 Å². The van der Waals surface area contributed by atoms with E-state index >= 15 is 0 Å². The van der Waals surface area contributed by atoms with Crippen LogP contribution in [-0.4, -0.2) is 28.7 Å². The predicted molar refractivity (Wildman–Crippen MR) is 84.5 cm³/mol. The first-order chi connectivity index (χ1) is 10.2. The molecule has 21 heavy (non-hydrogen) atoms. The number of hydrogen-bond acceptors (Lipinski definition) is 3. The maximum Gasteiger partial charge on any atom is 0.328 e. The molecule has 1 fully saturated rings. The highest BCUT2D eigenvalue weighted by Crippen LogP contribution is 2.21. The molecular formula is C15H19N3O2S. The third-order valence-corrected chi connectivity index (χ3v) is 4.31. The highest BCUT2D eigenvalue weighted by atomic mass is 32.1. The number of imidazole rings is 1. The summed E-state index contributed by atoms with van der Waals surface area (Å²) in [6.45, 7) is 0. The fourth-order valence-corrected chi connectivity index (χ4v) is 3.20. The summed E-state index contributed by atoms with van der Waals surface area (Å²) in [5.41, 5.74) is 1.58. The molecule has 1 heterocycles. The first-order valence-electron chi connectivity index (χ1n) is 7.28. The quantitative estimate of drug-likeness (QED) is 0.833. The molecular weight excluding hydrogens is 286 g/mol. The first kappa shape index (κ1) is 14.1. The molecule has 5 nitrogen and oxygen atoms in total. The molecule has 112 valence electrons. The van der Waals surface area contributed by atoms with E-state index in [1.165, 1.54) is 23.8 Å². The number of nitrogens with one attached hydrogen (secondary N) is 2. The molecule has 1 aromatic heterocycles. The SMILES string of the molecule is COc1ccc2c(c1)[nH]c(=S)n2C(=O)NC1CCCCC1. The van der Waals surface area contributed by atoms with Crippen molar-refractivity contribution in [2.24, 2.45) is 0 Å². The van der Waals surface area contributed by atoms with Crippen LogP contribution in [0.2, 0.25) is 0 Å². The van der Waals surface area contributed by atoms with Gasteiger partial charge in [0.15, 0.2) is 4.77 Å². The summed E-state index contributed by atoms with van der Waals surface area (Å²) in [6, 6.07) is 5.63. The number of carbonyl (C=O) groups is 1. The number of benzene rings is 1. The van der Waals surface area contributed by atoms with Crippen molar-refractivity contribution in [3.8, 4) is 5.75 Å². The number of carbonyl (C=O) groups excluding carboxylic acids is 1. The number of amides is 1. The lowest BCUT2D eigenvalue weighted by Gasteiger charge is -2.22. The van der Waals surface area contributed by atoms with Crippen molar-refractivity contribution in [1.29, 1.82) is 0 Å². The zero-order chi connectivity index (χ0) is 14.8. The van der Waals surface area contributed by atoms with Gasteiger partial charge >= 0.3 is 6.03 Å². The van der Waals surface area contributed by atoms with Gasteiger partial charge in [-0.3, -0.25) is 0 Å². The van der Waals surface area contributed by atoms with Crippen molar-refractivity contribution < 1.29 is 9.53 Å². The largest absolute Gasteiger partial charge is 0.497 e. The van der Waals surface area contributed by atoms with Crippen LogP contribution in [0.25, 0.3) is 11.0 Å². The third kappa shape index (κ3) is 2.81. The van der Waals surface area contributed by atoms with E-state index in [9.17, 15) is 4.79 Å². The Kier molecular flexibility index (Phi) is 3.96. The maximum absolute atomic E-state index is 12.5. The lowest BCUT2D eigenvalue weighted by atomic mass is 9.96. The third-order valence-electron chi connectivity index (χ3n) is 4.03. The topological polar surface area (TPSA) is 59.0 Å². The molecule has 0 radical (unpaired) electrons. The Hall–Kier alpha value is -1.82. The van der Waals surface area contributed by atoms with Gasteiger partial charge in [-0.05, 0) is 37.2 Å². The molecule has 3 rings (SSSR count). The molecule has 1 aliphatic carbocycles. The minimum atomic E-state index is -0.150. The summed E-state index contributed by atoms with van der Waals surface area (Å²) in [6.07, 6.45) is 5.73. The molecule has 0 atom stereocenters. The van der Waals surface area contributed by atoms with Gasteiger partial charge < -0.3 is 15.0 Å². The summed E-state index contributed by atoms with van der Waals surface area (Å²) < 4.78 is 7.12. The van der Waals surface area contributed by atoms with E-state index in [1.54, 1.807) is 7.11 Å². The van der Waals surface area contributed by atoms with E-state index < -0.39 is 0 Å². The molecule has 0 unspecified atom stereocenters. The number of methoxy groups -OCH3 is 1. The smallest absolute Gasteiger partial charge is 0.328 e. The van der Waals surface area contributed by atoms with Crippen LogP contribution < -0.4 is 10.1 Å². The van der Waals surface area contributed by atoms with Crippen LogP contribution in [-0.2, 0) is 0 Å². The highest BCUT2D eigenvalue weighted by Gasteiger charge is 2.18. The Morgan fingerprint density at radius 2 is 2.14 bits per heavy atom. The van der Waals surface area contributed by atoms with E-state index in [4.69, 9.17) is 17.0 Å². The highest BCUT2D eigenvalue weighted by molar-refractivity contribution is 7.71. The summed E-state index contributed by atoms with van der Waals surface area (Å²) in [4.78, 5) is 15.6. The molecule has 0 spiro atoms. The van der Waals surface area contributed by atoms with Crippen LogP contribution in [0.3, 0.4) is 0 Å². The Labute approximate surface area is 128 Å². The minimum absolute atomic E-state index is 0.150. The van der Waals surface area contributed by atoms with Crippen LogP contribution in [0.5, 0.6) is 5.75 Å². The van der Waals surface area contributed by atoms with Gasteiger partial charge in [0.2, 0.25) is 0 Å². The summed E-state index contributed by atoms with van der Waals surface area (Å²) in [7, 11) is 1.61. The molecule has 1 aromatic carbocycles. The number of rotatable bonds is 2. The number of nitrogens with zero attached hydrogens (tertiary/aromatic N) is 1. The van der Waals surface area contributed by atoms with Gasteiger partial charge in [0.05, 0.1) is 18.1 Å². The van der Waals surface area contributed by atoms with Crippen molar-refractivity contribution in [3.63, 3.8) is 0 Å². The summed E-state index contributed by atoms with van der Waals surface area (Å²) in [5.74, 6) is 0.735. The second-order valence-electron chi connectivity index (χ2n) is 5.43. The van der Waals surface area contributed by atoms with Gasteiger partial charge in [-0.2, -0.15) is 0 Å². The average molecular weight is 305 g/mol. The Morgan fingerprint density at radius 3 is 2.86 bits per heavy atom. The van der Waals surface area contributed by atoms with Crippen LogP contribution in [0, 0.1) is 4.77 Å². The summed E-state index contributed by atoms with van der Waals surface area (Å²) >= 11 is 5.28. The molecule has 1 saturated carbocycles. The predicted octanol–water partition coefficient (Wildman–Crippen LogP) is 3.60.